The van der Waals surface area contributed by atoms with Crippen molar-refractivity contribution in [2.24, 2.45) is 0 Å². The quantitative estimate of drug-likeness (QED) is 0.615. The van der Waals surface area contributed by atoms with Gasteiger partial charge in [-0.25, -0.2) is 0 Å². The maximum absolute atomic E-state index is 5.84. The zero-order valence-electron chi connectivity index (χ0n) is 13.2. The van der Waals surface area contributed by atoms with Crippen molar-refractivity contribution in [3.05, 3.63) is 64.1 Å². The highest BCUT2D eigenvalue weighted by Crippen LogP contribution is 2.49. The van der Waals surface area contributed by atoms with Gasteiger partial charge >= 0.3 is 0 Å². The summed E-state index contributed by atoms with van der Waals surface area (Å²) in [5, 5.41) is 2.27. The number of thiophene rings is 1. The lowest BCUT2D eigenvalue weighted by Crippen LogP contribution is -2.36. The van der Waals surface area contributed by atoms with Gasteiger partial charge in [0, 0.05) is 21.4 Å². The van der Waals surface area contributed by atoms with Gasteiger partial charge in [0.15, 0.2) is 0 Å². The lowest BCUT2D eigenvalue weighted by Gasteiger charge is -2.32. The molecule has 1 nitrogen and oxygen atoms in total. The summed E-state index contributed by atoms with van der Waals surface area (Å²) in [5.74, 6) is 1.98. The average Bonchev–Trinajstić information content (AvgIpc) is 3.23. The number of allylic oxidation sites excluding steroid dienone is 5. The third-order valence-electron chi connectivity index (χ3n) is 5.01. The van der Waals surface area contributed by atoms with Crippen molar-refractivity contribution in [1.82, 2.24) is 0 Å². The number of hydrogen-bond donors (Lipinski definition) is 0. The predicted molar refractivity (Wildman–Crippen MR) is 98.0 cm³/mol. The second-order valence-electron chi connectivity index (χ2n) is 6.79. The van der Waals surface area contributed by atoms with Crippen LogP contribution in [0, 0.1) is 6.92 Å². The summed E-state index contributed by atoms with van der Waals surface area (Å²) in [6, 6.07) is 4.13. The van der Waals surface area contributed by atoms with Gasteiger partial charge in [0.2, 0.25) is 0 Å². The minimum absolute atomic E-state index is 0.606. The second-order valence-corrected chi connectivity index (χ2v) is 12.6. The molecule has 0 bridgehead atoms. The fourth-order valence-electron chi connectivity index (χ4n) is 3.57. The molecule has 2 heterocycles. The number of furan rings is 1. The second kappa shape index (κ2) is 4.97. The molecule has 0 radical (unpaired) electrons. The molecule has 3 heteroatoms. The number of hydrogen-bond acceptors (Lipinski definition) is 2. The van der Waals surface area contributed by atoms with Crippen molar-refractivity contribution in [3.8, 4) is 11.3 Å². The van der Waals surface area contributed by atoms with E-state index in [-0.39, 0.29) is 0 Å². The Kier molecular flexibility index (Phi) is 3.17. The van der Waals surface area contributed by atoms with Gasteiger partial charge in [-0.1, -0.05) is 49.6 Å². The molecule has 0 fully saturated rings. The Morgan fingerprint density at radius 3 is 2.55 bits per heavy atom. The molecule has 1 unspecified atom stereocenters. The molecule has 2 aliphatic rings. The van der Waals surface area contributed by atoms with Crippen LogP contribution in [0.5, 0.6) is 0 Å². The molecular formula is C19H20OSSi. The SMILES string of the molecule is Cc1ccc(-c2csc3c2C=CC3[Si](C)(C)C2C=CC=C2)o1. The van der Waals surface area contributed by atoms with Crippen LogP contribution in [0.3, 0.4) is 0 Å². The summed E-state index contributed by atoms with van der Waals surface area (Å²) in [6.45, 7) is 7.03. The molecule has 0 aliphatic heterocycles. The highest BCUT2D eigenvalue weighted by atomic mass is 32.1. The molecule has 1 atom stereocenters. The van der Waals surface area contributed by atoms with Crippen LogP contribution >= 0.6 is 11.3 Å². The first-order chi connectivity index (χ1) is 10.6. The molecule has 2 aliphatic carbocycles. The summed E-state index contributed by atoms with van der Waals surface area (Å²) in [5.41, 5.74) is 3.89. The molecule has 0 saturated heterocycles. The summed E-state index contributed by atoms with van der Waals surface area (Å²) in [6.07, 6.45) is 13.9. The standard InChI is InChI=1S/C19H20OSSi/c1-13-8-10-17(20-13)16-12-21-19-15(16)9-11-18(19)22(2,3)14-6-4-5-7-14/h4-12,14,18H,1-3H3. The van der Waals surface area contributed by atoms with Gasteiger partial charge in [0.25, 0.3) is 0 Å². The van der Waals surface area contributed by atoms with Crippen molar-refractivity contribution in [2.75, 3.05) is 0 Å². The Balaban J connectivity index is 1.72. The first-order valence-corrected chi connectivity index (χ1v) is 11.8. The normalized spacial score (nSPS) is 20.2. The van der Waals surface area contributed by atoms with Crippen LogP contribution < -0.4 is 0 Å². The Morgan fingerprint density at radius 2 is 1.86 bits per heavy atom. The van der Waals surface area contributed by atoms with E-state index in [2.05, 4.69) is 61.0 Å². The molecule has 2 aromatic heterocycles. The van der Waals surface area contributed by atoms with Gasteiger partial charge in [0.1, 0.15) is 11.5 Å². The molecule has 22 heavy (non-hydrogen) atoms. The first kappa shape index (κ1) is 14.0. The highest BCUT2D eigenvalue weighted by Gasteiger charge is 2.41. The van der Waals surface area contributed by atoms with E-state index in [1.165, 1.54) is 16.0 Å². The molecule has 0 spiro atoms. The van der Waals surface area contributed by atoms with Crippen LogP contribution in [0.2, 0.25) is 18.6 Å². The summed E-state index contributed by atoms with van der Waals surface area (Å²) in [7, 11) is -1.45. The molecule has 0 aromatic carbocycles. The van der Waals surface area contributed by atoms with E-state index >= 15 is 0 Å². The van der Waals surface area contributed by atoms with E-state index in [1.54, 1.807) is 0 Å². The van der Waals surface area contributed by atoms with Crippen LogP contribution in [0.15, 0.2) is 52.3 Å². The number of rotatable bonds is 3. The van der Waals surface area contributed by atoms with E-state index < -0.39 is 8.07 Å². The highest BCUT2D eigenvalue weighted by molar-refractivity contribution is 7.11. The monoisotopic (exact) mass is 324 g/mol. The first-order valence-electron chi connectivity index (χ1n) is 7.79. The van der Waals surface area contributed by atoms with Gasteiger partial charge in [-0.15, -0.1) is 11.3 Å². The van der Waals surface area contributed by atoms with E-state index in [4.69, 9.17) is 4.42 Å². The zero-order chi connectivity index (χ0) is 15.3. The topological polar surface area (TPSA) is 13.1 Å². The van der Waals surface area contributed by atoms with Gasteiger partial charge in [-0.3, -0.25) is 0 Å². The lowest BCUT2D eigenvalue weighted by molar-refractivity contribution is 0.548. The van der Waals surface area contributed by atoms with E-state index in [0.29, 0.717) is 11.1 Å². The maximum Gasteiger partial charge on any atom is 0.135 e. The van der Waals surface area contributed by atoms with Gasteiger partial charge in [-0.2, -0.15) is 0 Å². The Morgan fingerprint density at radius 1 is 1.09 bits per heavy atom. The minimum Gasteiger partial charge on any atom is -0.461 e. The Labute approximate surface area is 136 Å². The van der Waals surface area contributed by atoms with E-state index in [0.717, 1.165) is 11.5 Å². The maximum atomic E-state index is 5.84. The van der Waals surface area contributed by atoms with Crippen molar-refractivity contribution in [3.63, 3.8) is 0 Å². The minimum atomic E-state index is -1.45. The average molecular weight is 325 g/mol. The summed E-state index contributed by atoms with van der Waals surface area (Å²) in [4.78, 5) is 1.54. The molecular weight excluding hydrogens is 304 g/mol. The van der Waals surface area contributed by atoms with Crippen molar-refractivity contribution in [2.45, 2.75) is 31.1 Å². The number of aryl methyl sites for hydroxylation is 1. The van der Waals surface area contributed by atoms with Crippen molar-refractivity contribution in [1.29, 1.82) is 0 Å². The summed E-state index contributed by atoms with van der Waals surface area (Å²) >= 11 is 1.90. The molecule has 0 amide bonds. The Hall–Kier alpha value is -1.58. The summed E-state index contributed by atoms with van der Waals surface area (Å²) < 4.78 is 5.84. The zero-order valence-corrected chi connectivity index (χ0v) is 15.0. The molecule has 4 rings (SSSR count). The van der Waals surface area contributed by atoms with E-state index in [1.807, 2.05) is 24.3 Å². The van der Waals surface area contributed by atoms with Crippen LogP contribution in [0.25, 0.3) is 17.4 Å². The third-order valence-corrected chi connectivity index (χ3v) is 10.5. The molecule has 112 valence electrons. The third kappa shape index (κ3) is 2.03. The van der Waals surface area contributed by atoms with Gasteiger partial charge in [-0.05, 0) is 30.2 Å². The van der Waals surface area contributed by atoms with Crippen LogP contribution in [-0.4, -0.2) is 8.07 Å². The van der Waals surface area contributed by atoms with Gasteiger partial charge in [0.05, 0.1) is 8.07 Å². The smallest absolute Gasteiger partial charge is 0.135 e. The molecule has 2 aromatic rings. The molecule has 0 saturated carbocycles. The predicted octanol–water partition coefficient (Wildman–Crippen LogP) is 6.17. The van der Waals surface area contributed by atoms with Crippen molar-refractivity contribution < 1.29 is 4.42 Å². The van der Waals surface area contributed by atoms with Gasteiger partial charge < -0.3 is 4.42 Å². The Bertz CT molecular complexity index is 791. The van der Waals surface area contributed by atoms with E-state index in [9.17, 15) is 0 Å². The fourth-order valence-corrected chi connectivity index (χ4v) is 8.75. The lowest BCUT2D eigenvalue weighted by atomic mass is 10.1. The number of fused-ring (bicyclic) bond motifs is 1. The molecule has 0 N–H and O–H groups in total. The van der Waals surface area contributed by atoms with Crippen LogP contribution in [0.1, 0.15) is 21.7 Å². The van der Waals surface area contributed by atoms with Crippen LogP contribution in [0.4, 0.5) is 0 Å². The fraction of sp³-hybridized carbons (Fsp3) is 0.263. The van der Waals surface area contributed by atoms with Crippen molar-refractivity contribution >= 4 is 25.5 Å². The largest absolute Gasteiger partial charge is 0.461 e. The van der Waals surface area contributed by atoms with Crippen LogP contribution in [-0.2, 0) is 0 Å².